The van der Waals surface area contributed by atoms with Gasteiger partial charge in [0.15, 0.2) is 0 Å². The van der Waals surface area contributed by atoms with Gasteiger partial charge in [-0.15, -0.1) is 0 Å². The minimum Gasteiger partial charge on any atom is -1.00 e. The topological polar surface area (TPSA) is 3.24 Å². The lowest BCUT2D eigenvalue weighted by Gasteiger charge is -2.35. The molecule has 1 aliphatic rings. The molecular weight excluding hydrogens is 461 g/mol. The van der Waals surface area contributed by atoms with Crippen LogP contribution >= 0.6 is 11.8 Å². The second kappa shape index (κ2) is 9.75. The molecule has 0 saturated carbocycles. The molecule has 3 rings (SSSR count). The Balaban J connectivity index is 0.00000300. The molecule has 29 heavy (non-hydrogen) atoms. The Morgan fingerprint density at radius 3 is 2.28 bits per heavy atom. The monoisotopic (exact) mass is 488 g/mol. The summed E-state index contributed by atoms with van der Waals surface area (Å²) in [4.78, 5) is 4.04. The van der Waals surface area contributed by atoms with Crippen molar-refractivity contribution in [1.29, 1.82) is 0 Å². The average Bonchev–Trinajstić information content (AvgIpc) is 2.64. The standard InChI is InChI=1S/C22H28F3N2S.BrH/c1-4-5-14-27(2,3)15-8-13-26-18-9-6-7-10-20(18)28-21-12-11-17(16-19(21)26)22(23,24)25;/h6-7,9-12,16H,4-5,8,13-15H2,1-3H3;1H/q+1;/p-1. The van der Waals surface area contributed by atoms with Crippen LogP contribution in [-0.4, -0.2) is 38.2 Å². The van der Waals surface area contributed by atoms with Crippen molar-refractivity contribution in [2.45, 2.75) is 42.2 Å². The van der Waals surface area contributed by atoms with Crippen molar-refractivity contribution in [3.63, 3.8) is 0 Å². The van der Waals surface area contributed by atoms with Crippen LogP contribution < -0.4 is 21.9 Å². The Kier molecular flexibility index (Phi) is 8.10. The third-order valence-electron chi connectivity index (χ3n) is 5.22. The Hall–Kier alpha value is -1.18. The normalized spacial score (nSPS) is 13.5. The maximum atomic E-state index is 13.3. The van der Waals surface area contributed by atoms with Crippen molar-refractivity contribution in [2.75, 3.05) is 38.6 Å². The Morgan fingerprint density at radius 1 is 0.931 bits per heavy atom. The summed E-state index contributed by atoms with van der Waals surface area (Å²) >= 11 is 1.54. The van der Waals surface area contributed by atoms with E-state index in [9.17, 15) is 13.2 Å². The predicted molar refractivity (Wildman–Crippen MR) is 110 cm³/mol. The molecule has 2 aromatic rings. The number of para-hydroxylation sites is 1. The molecule has 0 unspecified atom stereocenters. The van der Waals surface area contributed by atoms with Crippen LogP contribution in [0.2, 0.25) is 0 Å². The smallest absolute Gasteiger partial charge is 0.416 e. The maximum absolute atomic E-state index is 13.3. The molecule has 0 radical (unpaired) electrons. The van der Waals surface area contributed by atoms with E-state index in [0.717, 1.165) is 39.5 Å². The fraction of sp³-hybridized carbons (Fsp3) is 0.455. The van der Waals surface area contributed by atoms with Gasteiger partial charge in [0.2, 0.25) is 0 Å². The van der Waals surface area contributed by atoms with E-state index in [1.54, 1.807) is 17.8 Å². The zero-order valence-corrected chi connectivity index (χ0v) is 19.5. The van der Waals surface area contributed by atoms with Gasteiger partial charge in [0.25, 0.3) is 0 Å². The molecule has 0 N–H and O–H groups in total. The van der Waals surface area contributed by atoms with Gasteiger partial charge in [0, 0.05) is 22.8 Å². The SMILES string of the molecule is CCCC[N+](C)(C)CCCN1c2ccccc2Sc2ccc(C(F)(F)F)cc21.[Br-]. The summed E-state index contributed by atoms with van der Waals surface area (Å²) in [5.74, 6) is 0. The number of quaternary nitrogens is 1. The quantitative estimate of drug-likeness (QED) is 0.548. The van der Waals surface area contributed by atoms with Crippen molar-refractivity contribution in [3.8, 4) is 0 Å². The molecule has 0 saturated heterocycles. The largest absolute Gasteiger partial charge is 1.00 e. The van der Waals surface area contributed by atoms with Crippen molar-refractivity contribution in [2.24, 2.45) is 0 Å². The second-order valence-electron chi connectivity index (χ2n) is 7.99. The highest BCUT2D eigenvalue weighted by molar-refractivity contribution is 7.99. The fourth-order valence-electron chi connectivity index (χ4n) is 3.60. The summed E-state index contributed by atoms with van der Waals surface area (Å²) < 4.78 is 40.8. The van der Waals surface area contributed by atoms with Crippen LogP contribution in [0.5, 0.6) is 0 Å². The molecule has 0 aliphatic carbocycles. The first-order chi connectivity index (χ1) is 13.2. The van der Waals surface area contributed by atoms with E-state index < -0.39 is 11.7 Å². The predicted octanol–water partition coefficient (Wildman–Crippen LogP) is 3.58. The van der Waals surface area contributed by atoms with Gasteiger partial charge in [-0.05, 0) is 36.8 Å². The summed E-state index contributed by atoms with van der Waals surface area (Å²) in [5, 5.41) is 0. The third kappa shape index (κ3) is 5.92. The van der Waals surface area contributed by atoms with Gasteiger partial charge in [-0.25, -0.2) is 0 Å². The number of rotatable bonds is 7. The Bertz CT molecular complexity index is 824. The van der Waals surface area contributed by atoms with Gasteiger partial charge in [0.1, 0.15) is 0 Å². The van der Waals surface area contributed by atoms with E-state index in [1.165, 1.54) is 25.0 Å². The van der Waals surface area contributed by atoms with Crippen molar-refractivity contribution < 1.29 is 34.6 Å². The third-order valence-corrected chi connectivity index (χ3v) is 6.35. The molecule has 2 nitrogen and oxygen atoms in total. The van der Waals surface area contributed by atoms with Crippen molar-refractivity contribution in [1.82, 2.24) is 0 Å². The molecule has 160 valence electrons. The Morgan fingerprint density at radius 2 is 1.59 bits per heavy atom. The van der Waals surface area contributed by atoms with Gasteiger partial charge < -0.3 is 26.4 Å². The average molecular weight is 489 g/mol. The van der Waals surface area contributed by atoms with Crippen LogP contribution in [0.15, 0.2) is 52.3 Å². The van der Waals surface area contributed by atoms with Gasteiger partial charge in [-0.2, -0.15) is 13.2 Å². The number of alkyl halides is 3. The van der Waals surface area contributed by atoms with E-state index in [1.807, 2.05) is 24.3 Å². The summed E-state index contributed by atoms with van der Waals surface area (Å²) in [6.45, 7) is 5.02. The first-order valence-electron chi connectivity index (χ1n) is 9.79. The van der Waals surface area contributed by atoms with Gasteiger partial charge >= 0.3 is 6.18 Å². The summed E-state index contributed by atoms with van der Waals surface area (Å²) in [6.07, 6.45) is -1.05. The van der Waals surface area contributed by atoms with Gasteiger partial charge in [0.05, 0.1) is 44.1 Å². The number of anilines is 2. The molecule has 1 aliphatic heterocycles. The number of nitrogens with zero attached hydrogens (tertiary/aromatic N) is 2. The summed E-state index contributed by atoms with van der Waals surface area (Å²) in [6, 6.07) is 12.1. The second-order valence-corrected chi connectivity index (χ2v) is 9.08. The van der Waals surface area contributed by atoms with E-state index in [4.69, 9.17) is 0 Å². The number of hydrogen-bond acceptors (Lipinski definition) is 2. The number of benzene rings is 2. The molecule has 0 fully saturated rings. The minimum absolute atomic E-state index is 0. The van der Waals surface area contributed by atoms with Crippen molar-refractivity contribution >= 4 is 23.1 Å². The highest BCUT2D eigenvalue weighted by Gasteiger charge is 2.33. The molecule has 0 aromatic heterocycles. The minimum atomic E-state index is -4.33. The first kappa shape index (κ1) is 24.1. The number of unbranched alkanes of at least 4 members (excludes halogenated alkanes) is 1. The lowest BCUT2D eigenvalue weighted by Crippen LogP contribution is -3.00. The molecule has 0 bridgehead atoms. The lowest BCUT2D eigenvalue weighted by molar-refractivity contribution is -0.890. The van der Waals surface area contributed by atoms with Crippen LogP contribution in [0.25, 0.3) is 0 Å². The first-order valence-corrected chi connectivity index (χ1v) is 10.6. The van der Waals surface area contributed by atoms with E-state index in [0.29, 0.717) is 12.2 Å². The van der Waals surface area contributed by atoms with Crippen LogP contribution in [0.4, 0.5) is 24.5 Å². The lowest BCUT2D eigenvalue weighted by atomic mass is 10.1. The van der Waals surface area contributed by atoms with E-state index in [-0.39, 0.29) is 17.0 Å². The molecule has 2 aromatic carbocycles. The van der Waals surface area contributed by atoms with E-state index >= 15 is 0 Å². The molecule has 0 spiro atoms. The molecule has 0 atom stereocenters. The highest BCUT2D eigenvalue weighted by atomic mass is 79.9. The van der Waals surface area contributed by atoms with Crippen LogP contribution in [0.1, 0.15) is 31.7 Å². The van der Waals surface area contributed by atoms with Gasteiger partial charge in [-0.3, -0.25) is 0 Å². The number of halogens is 4. The zero-order valence-electron chi connectivity index (χ0n) is 17.1. The van der Waals surface area contributed by atoms with E-state index in [2.05, 4.69) is 25.9 Å². The van der Waals surface area contributed by atoms with Crippen LogP contribution in [0, 0.1) is 0 Å². The number of hydrogen-bond donors (Lipinski definition) is 0. The highest BCUT2D eigenvalue weighted by Crippen LogP contribution is 2.49. The molecule has 7 heteroatoms. The Labute approximate surface area is 186 Å². The van der Waals surface area contributed by atoms with Crippen LogP contribution in [-0.2, 0) is 6.18 Å². The fourth-order valence-corrected chi connectivity index (χ4v) is 4.68. The maximum Gasteiger partial charge on any atom is 0.416 e. The van der Waals surface area contributed by atoms with Gasteiger partial charge in [-0.1, -0.05) is 37.2 Å². The molecule has 0 amide bonds. The van der Waals surface area contributed by atoms with Crippen LogP contribution in [0.3, 0.4) is 0 Å². The molecule has 1 heterocycles. The zero-order chi connectivity index (χ0) is 20.4. The summed E-state index contributed by atoms with van der Waals surface area (Å²) in [7, 11) is 4.46. The summed E-state index contributed by atoms with van der Waals surface area (Å²) in [5.41, 5.74) is 1.07. The van der Waals surface area contributed by atoms with Crippen molar-refractivity contribution in [3.05, 3.63) is 48.0 Å². The number of fused-ring (bicyclic) bond motifs is 2. The molecular formula is C22H28BrF3N2S.